The van der Waals surface area contributed by atoms with E-state index in [1.165, 1.54) is 5.56 Å². The Balaban J connectivity index is 1.69. The van der Waals surface area contributed by atoms with Crippen LogP contribution in [0.2, 0.25) is 0 Å². The predicted octanol–water partition coefficient (Wildman–Crippen LogP) is 2.12. The summed E-state index contributed by atoms with van der Waals surface area (Å²) < 4.78 is 11.6. The van der Waals surface area contributed by atoms with Gasteiger partial charge in [-0.3, -0.25) is 4.90 Å². The first-order valence-electron chi connectivity index (χ1n) is 7.66. The van der Waals surface area contributed by atoms with Crippen molar-refractivity contribution in [3.8, 4) is 11.5 Å². The van der Waals surface area contributed by atoms with Crippen molar-refractivity contribution in [2.24, 2.45) is 5.73 Å². The molecule has 1 aromatic rings. The van der Waals surface area contributed by atoms with Crippen LogP contribution in [0.4, 0.5) is 0 Å². The molecule has 2 N–H and O–H groups in total. The van der Waals surface area contributed by atoms with Crippen LogP contribution in [-0.4, -0.2) is 46.9 Å². The molecule has 0 spiro atoms. The smallest absolute Gasteiger partial charge is 0.246 e. The fourth-order valence-corrected chi connectivity index (χ4v) is 3.22. The Hall–Kier alpha value is -1.53. The normalized spacial score (nSPS) is 21.7. The molecule has 5 nitrogen and oxygen atoms in total. The summed E-state index contributed by atoms with van der Waals surface area (Å²) in [4.78, 5) is 4.50. The zero-order valence-electron chi connectivity index (χ0n) is 13.3. The first kappa shape index (κ1) is 15.4. The average Bonchev–Trinajstić information content (AvgIpc) is 2.79. The molecule has 2 aliphatic rings. The molecule has 0 amide bonds. The second-order valence-corrected chi connectivity index (χ2v) is 6.77. The molecule has 1 unspecified atom stereocenters. The highest BCUT2D eigenvalue weighted by Gasteiger charge is 2.32. The molecular weight excluding hydrogens is 298 g/mol. The molecule has 0 saturated carbocycles. The van der Waals surface area contributed by atoms with Gasteiger partial charge in [0.1, 0.15) is 0 Å². The van der Waals surface area contributed by atoms with Crippen LogP contribution in [-0.2, 0) is 0 Å². The second kappa shape index (κ2) is 5.59. The number of hydrogen-bond donors (Lipinski definition) is 1. The lowest BCUT2D eigenvalue weighted by atomic mass is 10.1. The number of thiocarbonyl (C=S) groups is 1. The van der Waals surface area contributed by atoms with Crippen molar-refractivity contribution in [1.29, 1.82) is 0 Å². The summed E-state index contributed by atoms with van der Waals surface area (Å²) in [7, 11) is 0. The zero-order valence-corrected chi connectivity index (χ0v) is 14.2. The van der Waals surface area contributed by atoms with E-state index in [0.717, 1.165) is 37.7 Å². The Bertz CT molecular complexity index is 583. The highest BCUT2D eigenvalue weighted by Crippen LogP contribution is 2.41. The fourth-order valence-electron chi connectivity index (χ4n) is 3.04. The molecule has 1 fully saturated rings. The molecule has 6 heteroatoms. The maximum Gasteiger partial charge on any atom is 0.246 e. The van der Waals surface area contributed by atoms with Crippen molar-refractivity contribution in [3.63, 3.8) is 0 Å². The van der Waals surface area contributed by atoms with E-state index in [4.69, 9.17) is 27.4 Å². The maximum absolute atomic E-state index is 5.84. The highest BCUT2D eigenvalue weighted by molar-refractivity contribution is 7.80. The van der Waals surface area contributed by atoms with Gasteiger partial charge in [-0.2, -0.15) is 0 Å². The van der Waals surface area contributed by atoms with Gasteiger partial charge in [0.25, 0.3) is 0 Å². The molecule has 2 heterocycles. The third-order valence-corrected chi connectivity index (χ3v) is 4.59. The summed E-state index contributed by atoms with van der Waals surface area (Å²) in [5.74, 6) is 1.07. The quantitative estimate of drug-likeness (QED) is 0.842. The topological polar surface area (TPSA) is 51.0 Å². The molecule has 1 aromatic carbocycles. The molecule has 0 aliphatic carbocycles. The van der Waals surface area contributed by atoms with Crippen molar-refractivity contribution in [1.82, 2.24) is 9.80 Å². The summed E-state index contributed by atoms with van der Waals surface area (Å²) in [6, 6.07) is 6.54. The van der Waals surface area contributed by atoms with E-state index in [1.54, 1.807) is 0 Å². The fraction of sp³-hybridized carbons (Fsp3) is 0.562. The first-order valence-corrected chi connectivity index (χ1v) is 8.07. The number of fused-ring (bicyclic) bond motifs is 1. The summed E-state index contributed by atoms with van der Waals surface area (Å²) in [5.41, 5.74) is 6.93. The van der Waals surface area contributed by atoms with Crippen molar-refractivity contribution in [2.45, 2.75) is 32.6 Å². The van der Waals surface area contributed by atoms with Gasteiger partial charge in [-0.1, -0.05) is 6.07 Å². The molecule has 0 bridgehead atoms. The molecule has 1 saturated heterocycles. The van der Waals surface area contributed by atoms with Crippen molar-refractivity contribution >= 4 is 17.3 Å². The molecule has 22 heavy (non-hydrogen) atoms. The van der Waals surface area contributed by atoms with Crippen molar-refractivity contribution < 1.29 is 9.47 Å². The average molecular weight is 321 g/mol. The Morgan fingerprint density at radius 1 is 1.18 bits per heavy atom. The van der Waals surface area contributed by atoms with Crippen LogP contribution in [0.3, 0.4) is 0 Å². The molecule has 3 rings (SSSR count). The minimum atomic E-state index is -0.577. The third-order valence-electron chi connectivity index (χ3n) is 4.34. The molecular formula is C16H23N3O2S. The number of nitrogens with zero attached hydrogens (tertiary/aromatic N) is 2. The van der Waals surface area contributed by atoms with E-state index in [9.17, 15) is 0 Å². The summed E-state index contributed by atoms with van der Waals surface area (Å²) in [6.45, 7) is 9.75. The van der Waals surface area contributed by atoms with Crippen LogP contribution in [0.25, 0.3) is 0 Å². The van der Waals surface area contributed by atoms with Crippen LogP contribution in [0, 0.1) is 0 Å². The number of benzene rings is 1. The van der Waals surface area contributed by atoms with E-state index < -0.39 is 5.79 Å². The maximum atomic E-state index is 5.84. The van der Waals surface area contributed by atoms with Crippen molar-refractivity contribution in [2.75, 3.05) is 26.2 Å². The lowest BCUT2D eigenvalue weighted by Crippen LogP contribution is -2.50. The lowest BCUT2D eigenvalue weighted by Gasteiger charge is -2.38. The van der Waals surface area contributed by atoms with Crippen LogP contribution in [0.1, 0.15) is 32.4 Å². The largest absolute Gasteiger partial charge is 0.449 e. The Morgan fingerprint density at radius 3 is 2.45 bits per heavy atom. The van der Waals surface area contributed by atoms with Gasteiger partial charge in [0.15, 0.2) is 16.6 Å². The highest BCUT2D eigenvalue weighted by atomic mass is 32.1. The predicted molar refractivity (Wildman–Crippen MR) is 90.1 cm³/mol. The number of hydrogen-bond acceptors (Lipinski definition) is 4. The van der Waals surface area contributed by atoms with Crippen LogP contribution in [0.5, 0.6) is 11.5 Å². The van der Waals surface area contributed by atoms with Crippen LogP contribution >= 0.6 is 12.2 Å². The first-order chi connectivity index (χ1) is 10.4. The molecule has 0 aromatic heterocycles. The third kappa shape index (κ3) is 2.98. The second-order valence-electron chi connectivity index (χ2n) is 6.35. The van der Waals surface area contributed by atoms with Gasteiger partial charge in [0, 0.05) is 46.1 Å². The lowest BCUT2D eigenvalue weighted by molar-refractivity contribution is -0.0431. The summed E-state index contributed by atoms with van der Waals surface area (Å²) in [6.07, 6.45) is 0. The Kier molecular flexibility index (Phi) is 3.91. The Labute approximate surface area is 137 Å². The Morgan fingerprint density at radius 2 is 1.82 bits per heavy atom. The standard InChI is InChI=1S/C16H23N3O2S/c1-11(18-6-8-19(9-7-18)15(17)22)12-4-5-13-14(10-12)21-16(2,3)20-13/h4-5,10-11H,6-9H2,1-3H3,(H2,17,22). The van der Waals surface area contributed by atoms with E-state index in [0.29, 0.717) is 11.2 Å². The van der Waals surface area contributed by atoms with Crippen LogP contribution < -0.4 is 15.2 Å². The molecule has 120 valence electrons. The van der Waals surface area contributed by atoms with Gasteiger partial charge >= 0.3 is 0 Å². The van der Waals surface area contributed by atoms with Gasteiger partial charge < -0.3 is 20.1 Å². The van der Waals surface area contributed by atoms with E-state index in [1.807, 2.05) is 19.9 Å². The SMILES string of the molecule is CC(c1ccc2c(c1)OC(C)(C)O2)N1CCN(C(N)=S)CC1. The number of ether oxygens (including phenoxy) is 2. The van der Waals surface area contributed by atoms with Gasteiger partial charge in [0.2, 0.25) is 5.79 Å². The van der Waals surface area contributed by atoms with Gasteiger partial charge in [-0.05, 0) is 36.8 Å². The molecule has 0 radical (unpaired) electrons. The minimum Gasteiger partial charge on any atom is -0.449 e. The van der Waals surface area contributed by atoms with Gasteiger partial charge in [-0.25, -0.2) is 0 Å². The number of nitrogens with two attached hydrogens (primary N) is 1. The summed E-state index contributed by atoms with van der Waals surface area (Å²) in [5, 5.41) is 0.498. The zero-order chi connectivity index (χ0) is 15.9. The minimum absolute atomic E-state index is 0.325. The van der Waals surface area contributed by atoms with E-state index in [-0.39, 0.29) is 0 Å². The number of rotatable bonds is 2. The van der Waals surface area contributed by atoms with Gasteiger partial charge in [0.05, 0.1) is 0 Å². The molecule has 2 aliphatic heterocycles. The monoisotopic (exact) mass is 321 g/mol. The molecule has 1 atom stereocenters. The van der Waals surface area contributed by atoms with Gasteiger partial charge in [-0.15, -0.1) is 0 Å². The van der Waals surface area contributed by atoms with E-state index in [2.05, 4.69) is 28.9 Å². The summed E-state index contributed by atoms with van der Waals surface area (Å²) >= 11 is 5.04. The number of piperazine rings is 1. The van der Waals surface area contributed by atoms with E-state index >= 15 is 0 Å². The van der Waals surface area contributed by atoms with Crippen LogP contribution in [0.15, 0.2) is 18.2 Å². The van der Waals surface area contributed by atoms with Crippen molar-refractivity contribution in [3.05, 3.63) is 23.8 Å².